The summed E-state index contributed by atoms with van der Waals surface area (Å²) in [5.41, 5.74) is 0.384. The summed E-state index contributed by atoms with van der Waals surface area (Å²) in [6.07, 6.45) is -0.0239. The van der Waals surface area contributed by atoms with Crippen LogP contribution < -0.4 is 0 Å². The highest BCUT2D eigenvalue weighted by Gasteiger charge is 2.29. The Kier molecular flexibility index (Phi) is 5.67. The van der Waals surface area contributed by atoms with Gasteiger partial charge in [-0.05, 0) is 45.9 Å². The van der Waals surface area contributed by atoms with Gasteiger partial charge in [-0.25, -0.2) is 8.42 Å². The van der Waals surface area contributed by atoms with Crippen molar-refractivity contribution >= 4 is 15.9 Å². The van der Waals surface area contributed by atoms with Crippen LogP contribution in [0.1, 0.15) is 38.1 Å². The Morgan fingerprint density at radius 3 is 2.62 bits per heavy atom. The Labute approximate surface area is 144 Å². The van der Waals surface area contributed by atoms with Crippen LogP contribution >= 0.6 is 0 Å². The lowest BCUT2D eigenvalue weighted by atomic mass is 10.1. The molecule has 1 aliphatic heterocycles. The van der Waals surface area contributed by atoms with Gasteiger partial charge in [-0.2, -0.15) is 4.31 Å². The fourth-order valence-corrected chi connectivity index (χ4v) is 4.00. The lowest BCUT2D eigenvalue weighted by Crippen LogP contribution is -2.50. The van der Waals surface area contributed by atoms with Gasteiger partial charge in [0.25, 0.3) is 5.91 Å². The van der Waals surface area contributed by atoms with Crippen molar-refractivity contribution in [1.82, 2.24) is 9.21 Å². The summed E-state index contributed by atoms with van der Waals surface area (Å²) in [5, 5.41) is 0. The molecule has 1 fully saturated rings. The topological polar surface area (TPSA) is 66.9 Å². The van der Waals surface area contributed by atoms with E-state index in [9.17, 15) is 13.2 Å². The second kappa shape index (κ2) is 7.21. The Bertz CT molecular complexity index is 702. The van der Waals surface area contributed by atoms with E-state index in [2.05, 4.69) is 0 Å². The molecule has 7 heteroatoms. The van der Waals surface area contributed by atoms with E-state index in [0.29, 0.717) is 18.7 Å². The van der Waals surface area contributed by atoms with E-state index >= 15 is 0 Å². The summed E-state index contributed by atoms with van der Waals surface area (Å²) in [7, 11) is -2.07. The van der Waals surface area contributed by atoms with Gasteiger partial charge in [0.05, 0.1) is 23.6 Å². The zero-order valence-electron chi connectivity index (χ0n) is 14.9. The largest absolute Gasteiger partial charge is 0.375 e. The maximum atomic E-state index is 12.8. The van der Waals surface area contributed by atoms with E-state index in [1.807, 2.05) is 27.7 Å². The van der Waals surface area contributed by atoms with Gasteiger partial charge in [-0.15, -0.1) is 0 Å². The van der Waals surface area contributed by atoms with Crippen molar-refractivity contribution in [1.29, 1.82) is 0 Å². The lowest BCUT2D eigenvalue weighted by Gasteiger charge is -2.37. The molecule has 1 heterocycles. The minimum Gasteiger partial charge on any atom is -0.375 e. The van der Waals surface area contributed by atoms with Gasteiger partial charge in [0, 0.05) is 25.2 Å². The predicted molar refractivity (Wildman–Crippen MR) is 92.4 cm³/mol. The average molecular weight is 354 g/mol. The fraction of sp³-hybridized carbons (Fsp3) is 0.588. The Hall–Kier alpha value is -1.44. The van der Waals surface area contributed by atoms with Gasteiger partial charge < -0.3 is 9.64 Å². The van der Waals surface area contributed by atoms with Gasteiger partial charge in [0.1, 0.15) is 0 Å². The van der Waals surface area contributed by atoms with E-state index in [1.165, 1.54) is 16.4 Å². The van der Waals surface area contributed by atoms with Crippen LogP contribution in [-0.4, -0.2) is 61.9 Å². The Morgan fingerprint density at radius 2 is 2.00 bits per heavy atom. The zero-order valence-corrected chi connectivity index (χ0v) is 15.7. The van der Waals surface area contributed by atoms with Crippen molar-refractivity contribution in [3.8, 4) is 0 Å². The molecule has 1 aromatic carbocycles. The fourth-order valence-electron chi connectivity index (χ4n) is 2.59. The molecule has 0 saturated carbocycles. The number of amides is 1. The molecular weight excluding hydrogens is 328 g/mol. The minimum atomic E-state index is -3.61. The van der Waals surface area contributed by atoms with Crippen LogP contribution in [0.5, 0.6) is 0 Å². The highest BCUT2D eigenvalue weighted by molar-refractivity contribution is 7.89. The molecular formula is C17H26N2O4S. The number of nitrogens with zero attached hydrogens (tertiary/aromatic N) is 2. The second-order valence-corrected chi connectivity index (χ2v) is 8.59. The number of carbonyl (C=O) groups is 1. The average Bonchev–Trinajstić information content (AvgIpc) is 2.55. The number of hydrogen-bond acceptors (Lipinski definition) is 4. The van der Waals surface area contributed by atoms with Crippen LogP contribution in [0.4, 0.5) is 0 Å². The Balaban J connectivity index is 2.32. The van der Waals surface area contributed by atoms with E-state index in [4.69, 9.17) is 4.74 Å². The van der Waals surface area contributed by atoms with Crippen LogP contribution in [0.25, 0.3) is 0 Å². The van der Waals surface area contributed by atoms with Gasteiger partial charge in [-0.3, -0.25) is 4.79 Å². The van der Waals surface area contributed by atoms with Crippen molar-refractivity contribution in [2.75, 3.05) is 20.2 Å². The summed E-state index contributed by atoms with van der Waals surface area (Å²) < 4.78 is 32.1. The van der Waals surface area contributed by atoms with Gasteiger partial charge in [-0.1, -0.05) is 6.07 Å². The molecule has 0 radical (unpaired) electrons. The van der Waals surface area contributed by atoms with Crippen LogP contribution in [0.15, 0.2) is 29.2 Å². The maximum Gasteiger partial charge on any atom is 0.254 e. The van der Waals surface area contributed by atoms with Gasteiger partial charge in [0.2, 0.25) is 10.0 Å². The summed E-state index contributed by atoms with van der Waals surface area (Å²) in [6.45, 7) is 8.46. The first-order valence-electron chi connectivity index (χ1n) is 8.15. The molecule has 134 valence electrons. The lowest BCUT2D eigenvalue weighted by molar-refractivity contribution is -0.0387. The highest BCUT2D eigenvalue weighted by atomic mass is 32.2. The first-order chi connectivity index (χ1) is 11.1. The third-order valence-electron chi connectivity index (χ3n) is 4.35. The molecule has 6 nitrogen and oxygen atoms in total. The van der Waals surface area contributed by atoms with Gasteiger partial charge in [0.15, 0.2) is 0 Å². The molecule has 1 saturated heterocycles. The normalized spacial score (nSPS) is 22.2. The summed E-state index contributed by atoms with van der Waals surface area (Å²) >= 11 is 0. The molecule has 24 heavy (non-hydrogen) atoms. The number of benzene rings is 1. The molecule has 1 aromatic rings. The zero-order chi connectivity index (χ0) is 18.1. The number of hydrogen-bond donors (Lipinski definition) is 0. The monoisotopic (exact) mass is 354 g/mol. The number of carbonyl (C=O) groups excluding carboxylic acids is 1. The van der Waals surface area contributed by atoms with Crippen molar-refractivity contribution in [2.24, 2.45) is 0 Å². The smallest absolute Gasteiger partial charge is 0.254 e. The van der Waals surface area contributed by atoms with Crippen LogP contribution in [-0.2, 0) is 14.8 Å². The molecule has 0 spiro atoms. The first kappa shape index (κ1) is 18.9. The molecule has 2 rings (SSSR count). The third-order valence-corrected chi connectivity index (χ3v) is 6.38. The van der Waals surface area contributed by atoms with Crippen molar-refractivity contribution in [3.63, 3.8) is 0 Å². The third kappa shape index (κ3) is 3.79. The predicted octanol–water partition coefficient (Wildman–Crippen LogP) is 1.96. The molecule has 0 N–H and O–H groups in total. The molecule has 0 bridgehead atoms. The number of ether oxygens (including phenoxy) is 1. The summed E-state index contributed by atoms with van der Waals surface area (Å²) in [5.74, 6) is -0.165. The molecule has 2 atom stereocenters. The summed E-state index contributed by atoms with van der Waals surface area (Å²) in [6, 6.07) is 6.06. The molecule has 0 aromatic heterocycles. The molecule has 1 amide bonds. The molecule has 2 unspecified atom stereocenters. The van der Waals surface area contributed by atoms with Crippen molar-refractivity contribution in [3.05, 3.63) is 29.8 Å². The van der Waals surface area contributed by atoms with Crippen molar-refractivity contribution in [2.45, 2.75) is 50.8 Å². The van der Waals surface area contributed by atoms with Crippen LogP contribution in [0.2, 0.25) is 0 Å². The van der Waals surface area contributed by atoms with Crippen LogP contribution in [0.3, 0.4) is 0 Å². The Morgan fingerprint density at radius 1 is 1.33 bits per heavy atom. The standard InChI is InChI=1S/C17H26N2O4S/c1-12(2)18(5)24(21,22)16-8-6-7-15(9-16)17(20)19-10-14(4)23-11-13(19)3/h6-9,12-14H,10-11H2,1-5H3. The van der Waals surface area contributed by atoms with Gasteiger partial charge >= 0.3 is 0 Å². The number of morpholine rings is 1. The quantitative estimate of drug-likeness (QED) is 0.829. The number of sulfonamides is 1. The second-order valence-electron chi connectivity index (χ2n) is 6.59. The van der Waals surface area contributed by atoms with E-state index < -0.39 is 10.0 Å². The highest BCUT2D eigenvalue weighted by Crippen LogP contribution is 2.20. The van der Waals surface area contributed by atoms with Crippen molar-refractivity contribution < 1.29 is 17.9 Å². The SMILES string of the molecule is CC1CN(C(=O)c2cccc(S(=O)(=O)N(C)C(C)C)c2)C(C)CO1. The van der Waals surface area contributed by atoms with Crippen LogP contribution in [0, 0.1) is 0 Å². The first-order valence-corrected chi connectivity index (χ1v) is 9.59. The number of rotatable bonds is 4. The molecule has 0 aliphatic carbocycles. The minimum absolute atomic E-state index is 0.0239. The van der Waals surface area contributed by atoms with E-state index in [-0.39, 0.29) is 29.0 Å². The summed E-state index contributed by atoms with van der Waals surface area (Å²) in [4.78, 5) is 14.7. The molecule has 1 aliphatic rings. The maximum absolute atomic E-state index is 12.8. The van der Waals surface area contributed by atoms with E-state index in [1.54, 1.807) is 24.1 Å². The van der Waals surface area contributed by atoms with E-state index in [0.717, 1.165) is 0 Å².